The number of nitrogens with zero attached hydrogens (tertiary/aromatic N) is 3. The second-order valence-electron chi connectivity index (χ2n) is 8.66. The molecule has 1 aromatic carbocycles. The van der Waals surface area contributed by atoms with Gasteiger partial charge in [0.15, 0.2) is 5.96 Å². The van der Waals surface area contributed by atoms with E-state index in [4.69, 9.17) is 17.3 Å². The quantitative estimate of drug-likeness (QED) is 0.772. The number of carbonyl (C=O) groups excluding carboxylic acids is 1. The zero-order valence-corrected chi connectivity index (χ0v) is 18.2. The maximum Gasteiger partial charge on any atom is 0.237 e. The van der Waals surface area contributed by atoms with Gasteiger partial charge in [-0.25, -0.2) is 9.38 Å². The molecule has 4 rings (SSSR count). The molecule has 3 N–H and O–H groups in total. The fourth-order valence-corrected chi connectivity index (χ4v) is 4.52. The van der Waals surface area contributed by atoms with Crippen molar-refractivity contribution in [1.29, 1.82) is 0 Å². The lowest BCUT2D eigenvalue weighted by Gasteiger charge is -2.46. The number of carbonyl (C=O) groups is 1. The van der Waals surface area contributed by atoms with E-state index in [1.165, 1.54) is 11.0 Å². The lowest BCUT2D eigenvalue weighted by Crippen LogP contribution is -2.58. The summed E-state index contributed by atoms with van der Waals surface area (Å²) >= 11 is 6.05. The highest BCUT2D eigenvalue weighted by Crippen LogP contribution is 2.48. The van der Waals surface area contributed by atoms with Crippen molar-refractivity contribution >= 4 is 29.2 Å². The number of nitrogens with two attached hydrogens (primary N) is 1. The van der Waals surface area contributed by atoms with Crippen LogP contribution in [0, 0.1) is 11.2 Å². The van der Waals surface area contributed by atoms with Crippen LogP contribution in [0.1, 0.15) is 50.1 Å². The van der Waals surface area contributed by atoms with Crippen LogP contribution in [0.15, 0.2) is 35.5 Å². The van der Waals surface area contributed by atoms with Gasteiger partial charge in [-0.05, 0) is 63.4 Å². The van der Waals surface area contributed by atoms with E-state index in [0.717, 1.165) is 29.8 Å². The van der Waals surface area contributed by atoms with Gasteiger partial charge in [0.25, 0.3) is 0 Å². The Morgan fingerprint density at radius 1 is 1.30 bits per heavy atom. The van der Waals surface area contributed by atoms with Gasteiger partial charge in [0.05, 0.1) is 22.2 Å². The van der Waals surface area contributed by atoms with Crippen LogP contribution in [-0.4, -0.2) is 28.8 Å². The molecule has 0 spiro atoms. The first-order valence-electron chi connectivity index (χ1n) is 9.89. The first kappa shape index (κ1) is 20.6. The van der Waals surface area contributed by atoms with Gasteiger partial charge in [0.1, 0.15) is 11.4 Å². The van der Waals surface area contributed by atoms with Gasteiger partial charge >= 0.3 is 0 Å². The van der Waals surface area contributed by atoms with E-state index < -0.39 is 16.8 Å². The number of fused-ring (bicyclic) bond motifs is 1. The van der Waals surface area contributed by atoms with Crippen LogP contribution in [0.4, 0.5) is 10.1 Å². The van der Waals surface area contributed by atoms with Gasteiger partial charge in [0.2, 0.25) is 5.91 Å². The van der Waals surface area contributed by atoms with Crippen LogP contribution in [0.25, 0.3) is 0 Å². The number of amides is 1. The first-order valence-corrected chi connectivity index (χ1v) is 10.3. The molecular formula is C22H25ClFN5O. The zero-order valence-electron chi connectivity index (χ0n) is 17.5. The molecule has 1 aliphatic carbocycles. The van der Waals surface area contributed by atoms with Crippen molar-refractivity contribution in [2.75, 3.05) is 12.4 Å². The molecule has 0 bridgehead atoms. The van der Waals surface area contributed by atoms with E-state index >= 15 is 4.39 Å². The molecule has 0 saturated carbocycles. The number of hydrogen-bond acceptors (Lipinski definition) is 5. The predicted molar refractivity (Wildman–Crippen MR) is 116 cm³/mol. The average Bonchev–Trinajstić information content (AvgIpc) is 3.08. The molecule has 2 heterocycles. The smallest absolute Gasteiger partial charge is 0.237 e. The van der Waals surface area contributed by atoms with Gasteiger partial charge in [-0.1, -0.05) is 11.6 Å². The first-order chi connectivity index (χ1) is 14.0. The summed E-state index contributed by atoms with van der Waals surface area (Å²) in [6.07, 6.45) is 3.38. The summed E-state index contributed by atoms with van der Waals surface area (Å²) in [7, 11) is 1.58. The number of aromatic nitrogens is 1. The minimum Gasteiger partial charge on any atom is -0.377 e. The molecular weight excluding hydrogens is 405 g/mol. The Bertz CT molecular complexity index is 1070. The van der Waals surface area contributed by atoms with Crippen molar-refractivity contribution in [1.82, 2.24) is 9.88 Å². The van der Waals surface area contributed by atoms with Crippen LogP contribution in [-0.2, 0) is 16.8 Å². The number of halogens is 2. The lowest BCUT2D eigenvalue weighted by atomic mass is 9.67. The largest absolute Gasteiger partial charge is 0.377 e. The lowest BCUT2D eigenvalue weighted by molar-refractivity contribution is -0.140. The fourth-order valence-electron chi connectivity index (χ4n) is 4.34. The maximum atomic E-state index is 15.0. The van der Waals surface area contributed by atoms with E-state index in [0.29, 0.717) is 10.6 Å². The summed E-state index contributed by atoms with van der Waals surface area (Å²) in [5.74, 6) is -0.562. The van der Waals surface area contributed by atoms with Crippen LogP contribution >= 0.6 is 11.6 Å². The molecule has 2 aromatic rings. The summed E-state index contributed by atoms with van der Waals surface area (Å²) in [4.78, 5) is 23.2. The van der Waals surface area contributed by atoms with Crippen LogP contribution in [0.2, 0.25) is 5.02 Å². The van der Waals surface area contributed by atoms with E-state index in [1.54, 1.807) is 46.1 Å². The average molecular weight is 430 g/mol. The molecule has 1 aliphatic heterocycles. The number of guanidine groups is 1. The van der Waals surface area contributed by atoms with Crippen molar-refractivity contribution in [2.24, 2.45) is 16.1 Å². The Morgan fingerprint density at radius 2 is 2.03 bits per heavy atom. The third-order valence-corrected chi connectivity index (χ3v) is 6.78. The number of nitrogens with one attached hydrogen (secondary N) is 1. The number of aryl methyl sites for hydroxylation is 1. The number of benzene rings is 1. The summed E-state index contributed by atoms with van der Waals surface area (Å²) in [6.45, 7) is 5.28. The maximum absolute atomic E-state index is 15.0. The predicted octanol–water partition coefficient (Wildman–Crippen LogP) is 4.00. The highest BCUT2D eigenvalue weighted by Gasteiger charge is 2.53. The van der Waals surface area contributed by atoms with Gasteiger partial charge in [0, 0.05) is 24.5 Å². The topological polar surface area (TPSA) is 83.6 Å². The van der Waals surface area contributed by atoms with Gasteiger partial charge < -0.3 is 11.1 Å². The molecule has 1 aromatic heterocycles. The molecule has 1 unspecified atom stereocenters. The molecule has 8 heteroatoms. The van der Waals surface area contributed by atoms with Crippen LogP contribution in [0.3, 0.4) is 0 Å². The molecule has 2 aliphatic rings. The molecule has 0 fully saturated rings. The second kappa shape index (κ2) is 6.94. The second-order valence-corrected chi connectivity index (χ2v) is 9.10. The summed E-state index contributed by atoms with van der Waals surface area (Å²) in [6, 6.07) is 6.75. The number of hydrogen-bond donors (Lipinski definition) is 2. The van der Waals surface area contributed by atoms with E-state index in [9.17, 15) is 4.79 Å². The molecule has 158 valence electrons. The Morgan fingerprint density at radius 3 is 2.77 bits per heavy atom. The van der Waals surface area contributed by atoms with Crippen molar-refractivity contribution < 1.29 is 9.18 Å². The van der Waals surface area contributed by atoms with E-state index in [1.807, 2.05) is 6.07 Å². The van der Waals surface area contributed by atoms with Gasteiger partial charge in [-0.2, -0.15) is 0 Å². The van der Waals surface area contributed by atoms with E-state index in [2.05, 4.69) is 15.3 Å². The summed E-state index contributed by atoms with van der Waals surface area (Å²) in [5, 5.41) is 4.07. The third-order valence-electron chi connectivity index (χ3n) is 6.57. The monoisotopic (exact) mass is 429 g/mol. The van der Waals surface area contributed by atoms with Crippen LogP contribution in [0.5, 0.6) is 0 Å². The Hall–Kier alpha value is -2.67. The fraction of sp³-hybridized carbons (Fsp3) is 0.409. The number of anilines is 1. The highest BCUT2D eigenvalue weighted by atomic mass is 35.5. The molecule has 1 amide bonds. The van der Waals surface area contributed by atoms with Gasteiger partial charge in [-0.15, -0.1) is 0 Å². The summed E-state index contributed by atoms with van der Waals surface area (Å²) < 4.78 is 15.0. The molecule has 30 heavy (non-hydrogen) atoms. The minimum atomic E-state index is -1.15. The number of pyridine rings is 1. The highest BCUT2D eigenvalue weighted by molar-refractivity contribution is 6.30. The van der Waals surface area contributed by atoms with Gasteiger partial charge in [-0.3, -0.25) is 14.7 Å². The SMILES string of the molecule is CN1C(=O)C(C)(C)[C@@](C)(c2cc(NC3CCc4cc(Cl)cnc43)ccc2F)N=C1N. The Labute approximate surface area is 180 Å². The molecule has 0 radical (unpaired) electrons. The Kier molecular flexibility index (Phi) is 4.77. The van der Waals surface area contributed by atoms with Crippen molar-refractivity contribution in [3.63, 3.8) is 0 Å². The zero-order chi connectivity index (χ0) is 21.8. The Balaban J connectivity index is 1.72. The number of aliphatic imine (C=N–C) groups is 1. The van der Waals surface area contributed by atoms with Crippen molar-refractivity contribution in [2.45, 2.75) is 45.2 Å². The molecule has 2 atom stereocenters. The normalized spacial score (nSPS) is 25.1. The summed E-state index contributed by atoms with van der Waals surface area (Å²) in [5.41, 5.74) is 6.98. The van der Waals surface area contributed by atoms with E-state index in [-0.39, 0.29) is 17.9 Å². The minimum absolute atomic E-state index is 0.00378. The molecule has 6 nitrogen and oxygen atoms in total. The van der Waals surface area contributed by atoms with Crippen molar-refractivity contribution in [3.05, 3.63) is 58.1 Å². The van der Waals surface area contributed by atoms with Crippen molar-refractivity contribution in [3.8, 4) is 0 Å². The standard InChI is InChI=1S/C22H25ClFN5O/c1-21(2)19(30)29(4)20(25)28-22(21,3)15-10-14(6-7-16(15)24)27-17-8-5-12-9-13(23)11-26-18(12)17/h6-7,9-11,17,27H,5,8H2,1-4H3,(H2,25,28)/t17?,22-/m1/s1. The molecule has 0 saturated heterocycles. The van der Waals surface area contributed by atoms with Crippen LogP contribution < -0.4 is 11.1 Å². The third kappa shape index (κ3) is 3.03. The number of rotatable bonds is 3.